The van der Waals surface area contributed by atoms with Gasteiger partial charge in [-0.05, 0) is 24.5 Å². The minimum atomic E-state index is -3.59. The van der Waals surface area contributed by atoms with Crippen LogP contribution in [0.1, 0.15) is 30.5 Å². The lowest BCUT2D eigenvalue weighted by molar-refractivity contribution is -0.144. The molecule has 1 atom stereocenters. The molecule has 1 heterocycles. The van der Waals surface area contributed by atoms with E-state index in [1.165, 1.54) is 22.7 Å². The largest absolute Gasteiger partial charge is 0.466 e. The quantitative estimate of drug-likeness (QED) is 0.766. The maximum absolute atomic E-state index is 12.5. The number of rotatable bonds is 5. The molecule has 1 aromatic carbocycles. The number of ether oxygens (including phenoxy) is 1. The van der Waals surface area contributed by atoms with Gasteiger partial charge in [-0.1, -0.05) is 24.3 Å². The Balaban J connectivity index is 2.40. The van der Waals surface area contributed by atoms with Gasteiger partial charge in [0, 0.05) is 20.6 Å². The van der Waals surface area contributed by atoms with Crippen LogP contribution in [0.25, 0.3) is 0 Å². The third-order valence-electron chi connectivity index (χ3n) is 3.79. The first-order valence-electron chi connectivity index (χ1n) is 7.30. The highest BCUT2D eigenvalue weighted by Gasteiger charge is 2.37. The molecule has 2 rings (SSSR count). The average molecular weight is 326 g/mol. The van der Waals surface area contributed by atoms with Crippen molar-refractivity contribution >= 4 is 16.2 Å². The summed E-state index contributed by atoms with van der Waals surface area (Å²) in [6.07, 6.45) is 0.667. The summed E-state index contributed by atoms with van der Waals surface area (Å²) in [4.78, 5) is 11.9. The van der Waals surface area contributed by atoms with Crippen LogP contribution in [0, 0.1) is 0 Å². The Morgan fingerprint density at radius 1 is 1.36 bits per heavy atom. The zero-order valence-electron chi connectivity index (χ0n) is 13.2. The maximum Gasteiger partial charge on any atom is 0.307 e. The molecular formula is C15H22N2O4S. The number of esters is 1. The predicted molar refractivity (Wildman–Crippen MR) is 83.4 cm³/mol. The highest BCUT2D eigenvalue weighted by molar-refractivity contribution is 7.86. The van der Waals surface area contributed by atoms with E-state index < -0.39 is 16.3 Å². The SMILES string of the molecule is CCOC(=O)C[C@H]1c2ccccc2CCN1S(=O)(=O)N(C)C. The van der Waals surface area contributed by atoms with Gasteiger partial charge in [0.25, 0.3) is 10.2 Å². The van der Waals surface area contributed by atoms with Crippen molar-refractivity contribution in [2.75, 3.05) is 27.2 Å². The summed E-state index contributed by atoms with van der Waals surface area (Å²) in [7, 11) is -0.599. The second-order valence-electron chi connectivity index (χ2n) is 5.37. The zero-order valence-corrected chi connectivity index (χ0v) is 14.0. The summed E-state index contributed by atoms with van der Waals surface area (Å²) < 4.78 is 32.7. The third-order valence-corrected chi connectivity index (χ3v) is 5.74. The lowest BCUT2D eigenvalue weighted by atomic mass is 9.92. The Morgan fingerprint density at radius 2 is 2.05 bits per heavy atom. The minimum absolute atomic E-state index is 0.0257. The van der Waals surface area contributed by atoms with Crippen molar-refractivity contribution in [3.8, 4) is 0 Å². The normalized spacial score (nSPS) is 19.0. The Hall–Kier alpha value is -1.44. The van der Waals surface area contributed by atoms with Gasteiger partial charge in [0.1, 0.15) is 0 Å². The second kappa shape index (κ2) is 6.76. The van der Waals surface area contributed by atoms with Gasteiger partial charge in [-0.25, -0.2) is 0 Å². The van der Waals surface area contributed by atoms with E-state index in [0.717, 1.165) is 11.1 Å². The molecule has 1 aliphatic heterocycles. The Labute approximate surface area is 131 Å². The molecule has 1 aliphatic rings. The van der Waals surface area contributed by atoms with Crippen LogP contribution < -0.4 is 0 Å². The van der Waals surface area contributed by atoms with E-state index >= 15 is 0 Å². The van der Waals surface area contributed by atoms with Crippen molar-refractivity contribution in [1.82, 2.24) is 8.61 Å². The Morgan fingerprint density at radius 3 is 2.68 bits per heavy atom. The molecule has 122 valence electrons. The van der Waals surface area contributed by atoms with E-state index in [1.807, 2.05) is 24.3 Å². The van der Waals surface area contributed by atoms with Gasteiger partial charge >= 0.3 is 5.97 Å². The number of fused-ring (bicyclic) bond motifs is 1. The summed E-state index contributed by atoms with van der Waals surface area (Å²) in [5.41, 5.74) is 1.97. The number of benzene rings is 1. The first-order chi connectivity index (χ1) is 10.4. The first-order valence-corrected chi connectivity index (χ1v) is 8.70. The van der Waals surface area contributed by atoms with Gasteiger partial charge in [0.2, 0.25) is 0 Å². The molecular weight excluding hydrogens is 304 g/mol. The second-order valence-corrected chi connectivity index (χ2v) is 7.47. The number of carbonyl (C=O) groups excluding carboxylic acids is 1. The highest BCUT2D eigenvalue weighted by atomic mass is 32.2. The molecule has 7 heteroatoms. The number of carbonyl (C=O) groups is 1. The van der Waals surface area contributed by atoms with Crippen molar-refractivity contribution in [1.29, 1.82) is 0 Å². The summed E-state index contributed by atoms with van der Waals surface area (Å²) in [6.45, 7) is 2.39. The van der Waals surface area contributed by atoms with E-state index in [9.17, 15) is 13.2 Å². The molecule has 22 heavy (non-hydrogen) atoms. The molecule has 0 bridgehead atoms. The molecule has 0 radical (unpaired) electrons. The maximum atomic E-state index is 12.5. The molecule has 0 saturated carbocycles. The minimum Gasteiger partial charge on any atom is -0.466 e. The van der Waals surface area contributed by atoms with Crippen molar-refractivity contribution < 1.29 is 17.9 Å². The fourth-order valence-electron chi connectivity index (χ4n) is 2.70. The van der Waals surface area contributed by atoms with Crippen molar-refractivity contribution in [2.24, 2.45) is 0 Å². The van der Waals surface area contributed by atoms with Gasteiger partial charge in [-0.15, -0.1) is 0 Å². The molecule has 0 N–H and O–H groups in total. The molecule has 0 fully saturated rings. The van der Waals surface area contributed by atoms with Crippen LogP contribution >= 0.6 is 0 Å². The van der Waals surface area contributed by atoms with Crippen LogP contribution in [0.15, 0.2) is 24.3 Å². The topological polar surface area (TPSA) is 66.9 Å². The van der Waals surface area contributed by atoms with Gasteiger partial charge < -0.3 is 4.74 Å². The fraction of sp³-hybridized carbons (Fsp3) is 0.533. The lowest BCUT2D eigenvalue weighted by Gasteiger charge is -2.37. The van der Waals surface area contributed by atoms with Crippen LogP contribution in [0.5, 0.6) is 0 Å². The van der Waals surface area contributed by atoms with Crippen molar-refractivity contribution in [3.63, 3.8) is 0 Å². The van der Waals surface area contributed by atoms with E-state index in [2.05, 4.69) is 0 Å². The number of hydrogen-bond donors (Lipinski definition) is 0. The summed E-state index contributed by atoms with van der Waals surface area (Å²) in [5.74, 6) is -0.386. The van der Waals surface area contributed by atoms with E-state index in [0.29, 0.717) is 13.0 Å². The van der Waals surface area contributed by atoms with E-state index in [1.54, 1.807) is 6.92 Å². The van der Waals surface area contributed by atoms with Crippen LogP contribution in [-0.2, 0) is 26.2 Å². The standard InChI is InChI=1S/C15H22N2O4S/c1-4-21-15(18)11-14-13-8-6-5-7-12(13)9-10-17(14)22(19,20)16(2)3/h5-8,14H,4,9-11H2,1-3H3/t14-/m0/s1. The molecule has 1 aromatic rings. The molecule has 0 aromatic heterocycles. The van der Waals surface area contributed by atoms with Crippen LogP contribution in [-0.4, -0.2) is 50.2 Å². The molecule has 0 saturated heterocycles. The monoisotopic (exact) mass is 326 g/mol. The van der Waals surface area contributed by atoms with Crippen LogP contribution in [0.3, 0.4) is 0 Å². The molecule has 0 spiro atoms. The van der Waals surface area contributed by atoms with Crippen molar-refractivity contribution in [3.05, 3.63) is 35.4 Å². The van der Waals surface area contributed by atoms with Crippen LogP contribution in [0.2, 0.25) is 0 Å². The third kappa shape index (κ3) is 3.31. The first kappa shape index (κ1) is 16.9. The van der Waals surface area contributed by atoms with E-state index in [-0.39, 0.29) is 19.0 Å². The fourth-order valence-corrected chi connectivity index (χ4v) is 3.96. The van der Waals surface area contributed by atoms with Gasteiger partial charge in [0.05, 0.1) is 19.1 Å². The van der Waals surface area contributed by atoms with Crippen molar-refractivity contribution in [2.45, 2.75) is 25.8 Å². The summed E-state index contributed by atoms with van der Waals surface area (Å²) >= 11 is 0. The highest BCUT2D eigenvalue weighted by Crippen LogP contribution is 2.34. The predicted octanol–water partition coefficient (Wildman–Crippen LogP) is 1.35. The molecule has 0 amide bonds. The summed E-state index contributed by atoms with van der Waals surface area (Å²) in [6, 6.07) is 7.14. The van der Waals surface area contributed by atoms with Crippen LogP contribution in [0.4, 0.5) is 0 Å². The van der Waals surface area contributed by atoms with Gasteiger partial charge in [-0.2, -0.15) is 17.0 Å². The average Bonchev–Trinajstić information content (AvgIpc) is 2.47. The molecule has 6 nitrogen and oxygen atoms in total. The summed E-state index contributed by atoms with van der Waals surface area (Å²) in [5, 5.41) is 0. The van der Waals surface area contributed by atoms with E-state index in [4.69, 9.17) is 4.74 Å². The number of nitrogens with zero attached hydrogens (tertiary/aromatic N) is 2. The smallest absolute Gasteiger partial charge is 0.307 e. The Bertz CT molecular complexity index is 643. The molecule has 0 unspecified atom stereocenters. The lowest BCUT2D eigenvalue weighted by Crippen LogP contribution is -2.46. The van der Waals surface area contributed by atoms with Gasteiger partial charge in [-0.3, -0.25) is 4.79 Å². The number of hydrogen-bond acceptors (Lipinski definition) is 4. The zero-order chi connectivity index (χ0) is 16.3. The Kier molecular flexibility index (Phi) is 5.20. The molecule has 0 aliphatic carbocycles. The van der Waals surface area contributed by atoms with Gasteiger partial charge in [0.15, 0.2) is 0 Å².